The van der Waals surface area contributed by atoms with Crippen LogP contribution in [0.4, 0.5) is 0 Å². The Morgan fingerprint density at radius 2 is 2.22 bits per heavy atom. The van der Waals surface area contributed by atoms with Crippen molar-refractivity contribution in [1.29, 1.82) is 0 Å². The summed E-state index contributed by atoms with van der Waals surface area (Å²) < 4.78 is 4.98. The Morgan fingerprint density at radius 3 is 2.78 bits per heavy atom. The van der Waals surface area contributed by atoms with Gasteiger partial charge in [0.2, 0.25) is 0 Å². The van der Waals surface area contributed by atoms with Gasteiger partial charge in [0.15, 0.2) is 0 Å². The second-order valence-corrected chi connectivity index (χ2v) is 4.18. The van der Waals surface area contributed by atoms with Gasteiger partial charge in [-0.1, -0.05) is 18.2 Å². The fraction of sp³-hybridized carbons (Fsp3) is 0.400. The predicted octanol–water partition coefficient (Wildman–Crippen LogP) is 3.31. The first kappa shape index (κ1) is 14.3. The summed E-state index contributed by atoms with van der Waals surface area (Å²) in [6, 6.07) is 5.20. The van der Waals surface area contributed by atoms with Gasteiger partial charge in [0.05, 0.1) is 13.0 Å². The van der Waals surface area contributed by atoms with Crippen LogP contribution in [0.25, 0.3) is 0 Å². The zero-order valence-corrected chi connectivity index (χ0v) is 11.1. The molecule has 0 spiro atoms. The molecule has 0 amide bonds. The van der Waals surface area contributed by atoms with E-state index in [0.29, 0.717) is 13.0 Å². The number of allylic oxidation sites excluding steroid dienone is 2. The molecule has 1 N–H and O–H groups in total. The smallest absolute Gasteiger partial charge is 0.306 e. The van der Waals surface area contributed by atoms with Crippen molar-refractivity contribution in [3.63, 3.8) is 0 Å². The number of carbonyl (C=O) groups excluding carboxylic acids is 1. The molecule has 0 saturated carbocycles. The molecule has 1 atom stereocenters. The van der Waals surface area contributed by atoms with Crippen molar-refractivity contribution in [2.45, 2.75) is 33.1 Å². The molecule has 0 aromatic heterocycles. The van der Waals surface area contributed by atoms with Crippen LogP contribution in [0.15, 0.2) is 30.4 Å². The molecule has 3 heteroatoms. The summed E-state index contributed by atoms with van der Waals surface area (Å²) in [6.45, 7) is 6.05. The number of hydrogen-bond donors (Lipinski definition) is 1. The largest absolute Gasteiger partial charge is 0.508 e. The van der Waals surface area contributed by atoms with Crippen LogP contribution in [0.3, 0.4) is 0 Å². The number of aromatic hydroxyl groups is 1. The minimum Gasteiger partial charge on any atom is -0.508 e. The quantitative estimate of drug-likeness (QED) is 0.642. The zero-order valence-electron chi connectivity index (χ0n) is 11.1. The lowest BCUT2D eigenvalue weighted by molar-refractivity contribution is -0.143. The second kappa shape index (κ2) is 6.84. The summed E-state index contributed by atoms with van der Waals surface area (Å²) in [5.74, 6) is 0.0364. The Hall–Kier alpha value is -1.77. The highest BCUT2D eigenvalue weighted by Crippen LogP contribution is 2.27. The van der Waals surface area contributed by atoms with E-state index in [1.54, 1.807) is 19.1 Å². The first-order chi connectivity index (χ1) is 8.58. The Bertz CT molecular complexity index is 435. The van der Waals surface area contributed by atoms with E-state index in [1.165, 1.54) is 0 Å². The summed E-state index contributed by atoms with van der Waals surface area (Å²) in [5, 5.41) is 9.41. The standard InChI is InChI=1S/C15H20O3/c1-4-6-12(10-15(17)18-5-2)14-8-7-13(16)9-11(14)3/h4,6-9,12,16H,5,10H2,1-3H3/b6-4+/t12-/m1/s1. The Kier molecular flexibility index (Phi) is 5.43. The van der Waals surface area contributed by atoms with E-state index >= 15 is 0 Å². The molecular formula is C15H20O3. The molecular weight excluding hydrogens is 228 g/mol. The monoisotopic (exact) mass is 248 g/mol. The third-order valence-corrected chi connectivity index (χ3v) is 2.77. The van der Waals surface area contributed by atoms with Crippen molar-refractivity contribution in [2.24, 2.45) is 0 Å². The fourth-order valence-electron chi connectivity index (χ4n) is 1.99. The number of benzene rings is 1. The van der Waals surface area contributed by atoms with Gasteiger partial charge in [-0.05, 0) is 44.0 Å². The number of phenols is 1. The first-order valence-electron chi connectivity index (χ1n) is 6.16. The highest BCUT2D eigenvalue weighted by molar-refractivity contribution is 5.71. The van der Waals surface area contributed by atoms with Crippen LogP contribution in [0.2, 0.25) is 0 Å². The third kappa shape index (κ3) is 3.91. The van der Waals surface area contributed by atoms with Gasteiger partial charge in [-0.15, -0.1) is 0 Å². The van der Waals surface area contributed by atoms with Gasteiger partial charge >= 0.3 is 5.97 Å². The maximum atomic E-state index is 11.6. The van der Waals surface area contributed by atoms with E-state index in [-0.39, 0.29) is 17.6 Å². The number of aryl methyl sites for hydroxylation is 1. The minimum atomic E-state index is -0.201. The van der Waals surface area contributed by atoms with Crippen LogP contribution in [0.1, 0.15) is 37.3 Å². The number of ether oxygens (including phenoxy) is 1. The molecule has 1 aromatic rings. The van der Waals surface area contributed by atoms with Gasteiger partial charge in [0.1, 0.15) is 5.75 Å². The van der Waals surface area contributed by atoms with Gasteiger partial charge in [0.25, 0.3) is 0 Å². The molecule has 1 aromatic carbocycles. The van der Waals surface area contributed by atoms with Crippen LogP contribution >= 0.6 is 0 Å². The van der Waals surface area contributed by atoms with Gasteiger partial charge < -0.3 is 9.84 Å². The van der Waals surface area contributed by atoms with Crippen LogP contribution < -0.4 is 0 Å². The zero-order chi connectivity index (χ0) is 13.5. The number of esters is 1. The van der Waals surface area contributed by atoms with Crippen molar-refractivity contribution in [3.05, 3.63) is 41.5 Å². The fourth-order valence-corrected chi connectivity index (χ4v) is 1.99. The van der Waals surface area contributed by atoms with Crippen molar-refractivity contribution >= 4 is 5.97 Å². The Labute approximate surface area is 108 Å². The molecule has 0 aliphatic rings. The Morgan fingerprint density at radius 1 is 1.50 bits per heavy atom. The summed E-state index contributed by atoms with van der Waals surface area (Å²) in [6.07, 6.45) is 4.23. The minimum absolute atomic E-state index is 0.00495. The molecule has 0 saturated heterocycles. The Balaban J connectivity index is 2.93. The SMILES string of the molecule is C/C=C/[C@H](CC(=O)OCC)c1ccc(O)cc1C. The second-order valence-electron chi connectivity index (χ2n) is 4.18. The van der Waals surface area contributed by atoms with E-state index in [0.717, 1.165) is 11.1 Å². The molecule has 0 aliphatic carbocycles. The molecule has 0 fully saturated rings. The third-order valence-electron chi connectivity index (χ3n) is 2.77. The summed E-state index contributed by atoms with van der Waals surface area (Å²) in [5.41, 5.74) is 2.02. The van der Waals surface area contributed by atoms with Crippen LogP contribution in [-0.4, -0.2) is 17.7 Å². The number of carbonyl (C=O) groups is 1. The molecule has 0 heterocycles. The average molecular weight is 248 g/mol. The van der Waals surface area contributed by atoms with E-state index < -0.39 is 0 Å². The lowest BCUT2D eigenvalue weighted by Crippen LogP contribution is -2.10. The van der Waals surface area contributed by atoms with E-state index in [4.69, 9.17) is 4.74 Å². The van der Waals surface area contributed by atoms with E-state index in [2.05, 4.69) is 0 Å². The van der Waals surface area contributed by atoms with Crippen LogP contribution in [0.5, 0.6) is 5.75 Å². The first-order valence-corrected chi connectivity index (χ1v) is 6.16. The topological polar surface area (TPSA) is 46.5 Å². The molecule has 3 nitrogen and oxygen atoms in total. The number of hydrogen-bond acceptors (Lipinski definition) is 3. The van der Waals surface area contributed by atoms with Crippen molar-refractivity contribution in [1.82, 2.24) is 0 Å². The van der Waals surface area contributed by atoms with Gasteiger partial charge in [-0.25, -0.2) is 0 Å². The number of phenolic OH excluding ortho intramolecular Hbond substituents is 1. The summed E-state index contributed by atoms with van der Waals surface area (Å²) >= 11 is 0. The van der Waals surface area contributed by atoms with Crippen LogP contribution in [0, 0.1) is 6.92 Å². The van der Waals surface area contributed by atoms with Crippen LogP contribution in [-0.2, 0) is 9.53 Å². The normalized spacial score (nSPS) is 12.6. The highest BCUT2D eigenvalue weighted by Gasteiger charge is 2.16. The number of rotatable bonds is 5. The van der Waals surface area contributed by atoms with E-state index in [9.17, 15) is 9.90 Å². The lowest BCUT2D eigenvalue weighted by Gasteiger charge is -2.15. The van der Waals surface area contributed by atoms with Gasteiger partial charge in [0, 0.05) is 5.92 Å². The highest BCUT2D eigenvalue weighted by atomic mass is 16.5. The molecule has 0 aliphatic heterocycles. The van der Waals surface area contributed by atoms with Crippen molar-refractivity contribution in [2.75, 3.05) is 6.61 Å². The lowest BCUT2D eigenvalue weighted by atomic mass is 9.91. The summed E-state index contributed by atoms with van der Waals surface area (Å²) in [7, 11) is 0. The molecule has 0 bridgehead atoms. The maximum Gasteiger partial charge on any atom is 0.306 e. The van der Waals surface area contributed by atoms with Crippen molar-refractivity contribution < 1.29 is 14.6 Å². The molecule has 98 valence electrons. The van der Waals surface area contributed by atoms with Crippen molar-refractivity contribution in [3.8, 4) is 5.75 Å². The predicted molar refractivity (Wildman–Crippen MR) is 71.6 cm³/mol. The van der Waals surface area contributed by atoms with Gasteiger partial charge in [-0.3, -0.25) is 4.79 Å². The molecule has 18 heavy (non-hydrogen) atoms. The molecule has 0 radical (unpaired) electrons. The van der Waals surface area contributed by atoms with E-state index in [1.807, 2.05) is 32.1 Å². The summed E-state index contributed by atoms with van der Waals surface area (Å²) in [4.78, 5) is 11.6. The molecule has 0 unspecified atom stereocenters. The molecule has 1 rings (SSSR count). The maximum absolute atomic E-state index is 11.6. The van der Waals surface area contributed by atoms with Gasteiger partial charge in [-0.2, -0.15) is 0 Å². The average Bonchev–Trinajstić information content (AvgIpc) is 2.29.